The van der Waals surface area contributed by atoms with Gasteiger partial charge in [0.05, 0.1) is 27.4 Å². The molecule has 0 saturated heterocycles. The summed E-state index contributed by atoms with van der Waals surface area (Å²) < 4.78 is 16.2. The zero-order valence-corrected chi connectivity index (χ0v) is 20.6. The van der Waals surface area contributed by atoms with Crippen molar-refractivity contribution in [1.82, 2.24) is 9.80 Å². The number of hydrogen-bond acceptors (Lipinski definition) is 6. The van der Waals surface area contributed by atoms with Crippen molar-refractivity contribution in [3.8, 4) is 17.2 Å². The van der Waals surface area contributed by atoms with Crippen molar-refractivity contribution in [2.24, 2.45) is 0 Å². The number of aliphatic hydroxyl groups is 1. The van der Waals surface area contributed by atoms with Crippen LogP contribution in [0, 0.1) is 0 Å². The first kappa shape index (κ1) is 25.4. The lowest BCUT2D eigenvalue weighted by atomic mass is 9.92. The Morgan fingerprint density at radius 1 is 1.03 bits per heavy atom. The lowest BCUT2D eigenvalue weighted by Crippen LogP contribution is -2.42. The molecule has 1 aliphatic heterocycles. The SMILES string of the molecule is COc1cc(CN(C(=O)C2=C(c3ccc(OCCO)cc3)CCN(C(=O)O)C2)C2CC2)cc(OC)c1. The number of carboxylic acid groups (broad SMARTS) is 1. The maximum absolute atomic E-state index is 14.0. The molecule has 9 heteroatoms. The average Bonchev–Trinajstić information content (AvgIpc) is 3.75. The zero-order chi connectivity index (χ0) is 25.7. The third-order valence-electron chi connectivity index (χ3n) is 6.45. The van der Waals surface area contributed by atoms with Crippen LogP contribution in [0.3, 0.4) is 0 Å². The maximum Gasteiger partial charge on any atom is 0.407 e. The minimum Gasteiger partial charge on any atom is -0.497 e. The van der Waals surface area contributed by atoms with Gasteiger partial charge in [-0.25, -0.2) is 4.79 Å². The van der Waals surface area contributed by atoms with Crippen LogP contribution in [0.1, 0.15) is 30.4 Å². The van der Waals surface area contributed by atoms with E-state index in [1.807, 2.05) is 29.2 Å². The summed E-state index contributed by atoms with van der Waals surface area (Å²) >= 11 is 0. The highest BCUT2D eigenvalue weighted by Crippen LogP contribution is 2.35. The number of carbonyl (C=O) groups excluding carboxylic acids is 1. The fourth-order valence-electron chi connectivity index (χ4n) is 4.44. The number of hydrogen-bond donors (Lipinski definition) is 2. The summed E-state index contributed by atoms with van der Waals surface area (Å²) in [7, 11) is 3.17. The normalized spacial score (nSPS) is 15.5. The van der Waals surface area contributed by atoms with Crippen molar-refractivity contribution in [2.75, 3.05) is 40.5 Å². The summed E-state index contributed by atoms with van der Waals surface area (Å²) in [5.41, 5.74) is 3.08. The summed E-state index contributed by atoms with van der Waals surface area (Å²) in [5.74, 6) is 1.76. The van der Waals surface area contributed by atoms with E-state index in [4.69, 9.17) is 19.3 Å². The molecule has 0 bridgehead atoms. The van der Waals surface area contributed by atoms with Crippen molar-refractivity contribution in [3.63, 3.8) is 0 Å². The third kappa shape index (κ3) is 5.91. The Bertz CT molecular complexity index is 1100. The molecule has 192 valence electrons. The third-order valence-corrected chi connectivity index (χ3v) is 6.45. The molecule has 2 N–H and O–H groups in total. The van der Waals surface area contributed by atoms with Crippen LogP contribution in [-0.2, 0) is 11.3 Å². The molecule has 1 saturated carbocycles. The topological polar surface area (TPSA) is 109 Å². The predicted octanol–water partition coefficient (Wildman–Crippen LogP) is 3.40. The van der Waals surface area contributed by atoms with Crippen molar-refractivity contribution in [2.45, 2.75) is 31.8 Å². The highest BCUT2D eigenvalue weighted by Gasteiger charge is 2.37. The molecule has 0 unspecified atom stereocenters. The summed E-state index contributed by atoms with van der Waals surface area (Å²) in [6.45, 7) is 0.851. The van der Waals surface area contributed by atoms with Gasteiger partial charge in [-0.1, -0.05) is 12.1 Å². The van der Waals surface area contributed by atoms with Crippen LogP contribution in [0.25, 0.3) is 5.57 Å². The van der Waals surface area contributed by atoms with E-state index in [1.165, 1.54) is 4.90 Å². The second kappa shape index (κ2) is 11.3. The number of rotatable bonds is 10. The highest BCUT2D eigenvalue weighted by atomic mass is 16.5. The van der Waals surface area contributed by atoms with E-state index < -0.39 is 6.09 Å². The van der Waals surface area contributed by atoms with Gasteiger partial charge < -0.3 is 34.2 Å². The number of amides is 2. The molecule has 0 atom stereocenters. The number of benzene rings is 2. The molecule has 0 aromatic heterocycles. The first-order chi connectivity index (χ1) is 17.4. The van der Waals surface area contributed by atoms with E-state index in [9.17, 15) is 14.7 Å². The van der Waals surface area contributed by atoms with Gasteiger partial charge in [0.1, 0.15) is 23.9 Å². The maximum atomic E-state index is 14.0. The molecule has 2 aromatic rings. The Labute approximate surface area is 210 Å². The second-order valence-corrected chi connectivity index (χ2v) is 8.89. The molecule has 4 rings (SSSR count). The molecule has 2 aromatic carbocycles. The van der Waals surface area contributed by atoms with E-state index in [-0.39, 0.29) is 31.7 Å². The van der Waals surface area contributed by atoms with Gasteiger partial charge in [0.15, 0.2) is 0 Å². The van der Waals surface area contributed by atoms with Crippen LogP contribution in [0.5, 0.6) is 17.2 Å². The highest BCUT2D eigenvalue weighted by molar-refractivity contribution is 6.03. The number of aliphatic hydroxyl groups excluding tert-OH is 1. The summed E-state index contributed by atoms with van der Waals surface area (Å²) in [5, 5.41) is 18.6. The smallest absolute Gasteiger partial charge is 0.407 e. The lowest BCUT2D eigenvalue weighted by molar-refractivity contribution is -0.128. The fraction of sp³-hybridized carbons (Fsp3) is 0.407. The Balaban J connectivity index is 1.67. The molecule has 1 aliphatic carbocycles. The molecular weight excluding hydrogens is 464 g/mol. The first-order valence-electron chi connectivity index (χ1n) is 12.0. The summed E-state index contributed by atoms with van der Waals surface area (Å²) in [4.78, 5) is 28.9. The van der Waals surface area contributed by atoms with Gasteiger partial charge in [0.2, 0.25) is 0 Å². The van der Waals surface area contributed by atoms with E-state index in [0.29, 0.717) is 42.3 Å². The molecule has 36 heavy (non-hydrogen) atoms. The van der Waals surface area contributed by atoms with Crippen LogP contribution in [0.15, 0.2) is 48.0 Å². The minimum atomic E-state index is -1.04. The standard InChI is InChI=1S/C27H32N2O7/c1-34-22-13-18(14-23(15-22)35-2)16-29(20-5-6-20)26(31)25-17-28(27(32)33)10-9-24(25)19-3-7-21(8-4-19)36-12-11-30/h3-4,7-8,13-15,20,30H,5-6,9-12,16-17H2,1-2H3,(H,32,33). The predicted molar refractivity (Wildman–Crippen MR) is 133 cm³/mol. The Hall–Kier alpha value is -3.72. The second-order valence-electron chi connectivity index (χ2n) is 8.89. The van der Waals surface area contributed by atoms with Crippen molar-refractivity contribution in [1.29, 1.82) is 0 Å². The number of nitrogens with zero attached hydrogens (tertiary/aromatic N) is 2. The van der Waals surface area contributed by atoms with E-state index in [1.54, 1.807) is 32.4 Å². The number of carbonyl (C=O) groups is 2. The van der Waals surface area contributed by atoms with E-state index in [2.05, 4.69) is 0 Å². The van der Waals surface area contributed by atoms with Crippen molar-refractivity contribution in [3.05, 3.63) is 59.2 Å². The monoisotopic (exact) mass is 496 g/mol. The largest absolute Gasteiger partial charge is 0.497 e. The van der Waals surface area contributed by atoms with Gasteiger partial charge in [0.25, 0.3) is 5.91 Å². The Morgan fingerprint density at radius 3 is 2.25 bits per heavy atom. The van der Waals surface area contributed by atoms with Crippen molar-refractivity contribution < 1.29 is 34.0 Å². The summed E-state index contributed by atoms with van der Waals surface area (Å²) in [6, 6.07) is 13.0. The zero-order valence-electron chi connectivity index (χ0n) is 20.6. The molecule has 2 amide bonds. The van der Waals surface area contributed by atoms with Gasteiger partial charge in [-0.15, -0.1) is 0 Å². The average molecular weight is 497 g/mol. The van der Waals surface area contributed by atoms with Gasteiger partial charge >= 0.3 is 6.09 Å². The van der Waals surface area contributed by atoms with Crippen LogP contribution >= 0.6 is 0 Å². The summed E-state index contributed by atoms with van der Waals surface area (Å²) in [6.07, 6.45) is 1.22. The Kier molecular flexibility index (Phi) is 8.00. The Morgan fingerprint density at radius 2 is 1.69 bits per heavy atom. The van der Waals surface area contributed by atoms with Crippen LogP contribution in [0.4, 0.5) is 4.79 Å². The molecule has 9 nitrogen and oxygen atoms in total. The van der Waals surface area contributed by atoms with E-state index >= 15 is 0 Å². The van der Waals surface area contributed by atoms with E-state index in [0.717, 1.165) is 29.5 Å². The quantitative estimate of drug-likeness (QED) is 0.519. The fourth-order valence-corrected chi connectivity index (χ4v) is 4.44. The molecule has 2 aliphatic rings. The van der Waals surface area contributed by atoms with Crippen LogP contribution in [-0.4, -0.2) is 78.6 Å². The molecular formula is C27H32N2O7. The molecule has 0 spiro atoms. The van der Waals surface area contributed by atoms with Gasteiger partial charge in [-0.3, -0.25) is 4.79 Å². The van der Waals surface area contributed by atoms with Crippen LogP contribution < -0.4 is 14.2 Å². The van der Waals surface area contributed by atoms with Gasteiger partial charge in [-0.05, 0) is 60.2 Å². The van der Waals surface area contributed by atoms with Gasteiger partial charge in [0, 0.05) is 30.8 Å². The van der Waals surface area contributed by atoms with Gasteiger partial charge in [-0.2, -0.15) is 0 Å². The molecule has 1 heterocycles. The molecule has 0 radical (unpaired) electrons. The number of ether oxygens (including phenoxy) is 3. The first-order valence-corrected chi connectivity index (χ1v) is 12.0. The van der Waals surface area contributed by atoms with Crippen LogP contribution in [0.2, 0.25) is 0 Å². The minimum absolute atomic E-state index is 0.0386. The molecule has 1 fully saturated rings. The number of methoxy groups -OCH3 is 2. The van der Waals surface area contributed by atoms with Crippen molar-refractivity contribution >= 4 is 17.6 Å². The lowest BCUT2D eigenvalue weighted by Gasteiger charge is -2.32.